The summed E-state index contributed by atoms with van der Waals surface area (Å²) in [6.07, 6.45) is 4.06. The molecule has 0 radical (unpaired) electrons. The Bertz CT molecular complexity index is 384. The van der Waals surface area contributed by atoms with Crippen LogP contribution in [0.3, 0.4) is 0 Å². The molecule has 0 aliphatic rings. The number of benzene rings is 1. The second kappa shape index (κ2) is 6.92. The van der Waals surface area contributed by atoms with Crippen molar-refractivity contribution >= 4 is 35.3 Å². The average Bonchev–Trinajstić information content (AvgIpc) is 2.34. The van der Waals surface area contributed by atoms with Crippen LogP contribution >= 0.6 is 23.4 Å². The van der Waals surface area contributed by atoms with Gasteiger partial charge in [-0.2, -0.15) is 11.8 Å². The average molecular weight is 272 g/mol. The maximum atomic E-state index is 11.0. The van der Waals surface area contributed by atoms with Gasteiger partial charge in [0.2, 0.25) is 0 Å². The highest BCUT2D eigenvalue weighted by Gasteiger charge is 2.13. The van der Waals surface area contributed by atoms with Gasteiger partial charge >= 0.3 is 0 Å². The van der Waals surface area contributed by atoms with E-state index in [1.54, 1.807) is 12.1 Å². The number of rotatable bonds is 6. The second-order valence-corrected chi connectivity index (χ2v) is 5.48. The number of thioether (sulfide) groups is 1. The van der Waals surface area contributed by atoms with Gasteiger partial charge in [-0.1, -0.05) is 11.6 Å². The highest BCUT2D eigenvalue weighted by atomic mass is 35.5. The Morgan fingerprint density at radius 2 is 2.24 bits per heavy atom. The molecule has 2 nitrogen and oxygen atoms in total. The van der Waals surface area contributed by atoms with E-state index in [-0.39, 0.29) is 0 Å². The first-order valence-electron chi connectivity index (χ1n) is 5.56. The number of hydrogen-bond donors (Lipinski definition) is 0. The van der Waals surface area contributed by atoms with Crippen molar-refractivity contribution in [3.8, 4) is 0 Å². The highest BCUT2D eigenvalue weighted by molar-refractivity contribution is 7.98. The maximum absolute atomic E-state index is 11.0. The minimum atomic E-state index is 0.389. The summed E-state index contributed by atoms with van der Waals surface area (Å²) in [7, 11) is 2.00. The summed E-state index contributed by atoms with van der Waals surface area (Å²) in [5.74, 6) is 1.11. The summed E-state index contributed by atoms with van der Waals surface area (Å²) < 4.78 is 0. The van der Waals surface area contributed by atoms with Crippen LogP contribution in [0.2, 0.25) is 5.02 Å². The van der Waals surface area contributed by atoms with E-state index in [1.165, 1.54) is 0 Å². The minimum Gasteiger partial charge on any atom is -0.371 e. The number of nitrogens with zero attached hydrogens (tertiary/aromatic N) is 1. The Kier molecular flexibility index (Phi) is 5.86. The number of hydrogen-bond acceptors (Lipinski definition) is 3. The molecule has 94 valence electrons. The molecule has 1 rings (SSSR count). The van der Waals surface area contributed by atoms with Crippen molar-refractivity contribution in [2.75, 3.05) is 24.0 Å². The maximum Gasteiger partial charge on any atom is 0.152 e. The van der Waals surface area contributed by atoms with Crippen LogP contribution < -0.4 is 4.90 Å². The molecule has 0 spiro atoms. The molecule has 0 bridgehead atoms. The smallest absolute Gasteiger partial charge is 0.152 e. The van der Waals surface area contributed by atoms with Gasteiger partial charge < -0.3 is 4.90 Å². The van der Waals surface area contributed by atoms with Crippen molar-refractivity contribution in [1.82, 2.24) is 0 Å². The van der Waals surface area contributed by atoms with Gasteiger partial charge in [-0.25, -0.2) is 0 Å². The van der Waals surface area contributed by atoms with Crippen LogP contribution in [0.1, 0.15) is 23.7 Å². The molecule has 0 saturated carbocycles. The lowest BCUT2D eigenvalue weighted by Crippen LogP contribution is -2.30. The van der Waals surface area contributed by atoms with Crippen LogP contribution in [0, 0.1) is 0 Å². The predicted molar refractivity (Wildman–Crippen MR) is 77.7 cm³/mol. The Morgan fingerprint density at radius 3 is 2.82 bits per heavy atom. The van der Waals surface area contributed by atoms with E-state index < -0.39 is 0 Å². The molecule has 0 N–H and O–H groups in total. The second-order valence-electron chi connectivity index (χ2n) is 4.06. The van der Waals surface area contributed by atoms with Crippen molar-refractivity contribution in [1.29, 1.82) is 0 Å². The standard InChI is InChI=1S/C13H18ClNOS/c1-10(6-7-17-3)15(2)13-8-12(14)5-4-11(13)9-16/h4-5,8-10H,6-7H2,1-3H3. The molecule has 1 aromatic carbocycles. The van der Waals surface area contributed by atoms with Gasteiger partial charge in [-0.3, -0.25) is 4.79 Å². The van der Waals surface area contributed by atoms with Crippen LogP contribution in [0.4, 0.5) is 5.69 Å². The fourth-order valence-electron chi connectivity index (χ4n) is 1.64. The lowest BCUT2D eigenvalue weighted by Gasteiger charge is -2.28. The lowest BCUT2D eigenvalue weighted by molar-refractivity contribution is 0.112. The van der Waals surface area contributed by atoms with Crippen LogP contribution in [0.25, 0.3) is 0 Å². The van der Waals surface area contributed by atoms with Crippen LogP contribution in [-0.4, -0.2) is 31.4 Å². The molecule has 4 heteroatoms. The first kappa shape index (κ1) is 14.4. The third kappa shape index (κ3) is 3.93. The lowest BCUT2D eigenvalue weighted by atomic mass is 10.1. The molecule has 0 aliphatic heterocycles. The number of halogens is 1. The topological polar surface area (TPSA) is 20.3 Å². The number of carbonyl (C=O) groups excluding carboxylic acids is 1. The fourth-order valence-corrected chi connectivity index (χ4v) is 2.38. The van der Waals surface area contributed by atoms with Crippen LogP contribution in [-0.2, 0) is 0 Å². The normalized spacial score (nSPS) is 12.2. The summed E-state index contributed by atoms with van der Waals surface area (Å²) in [6.45, 7) is 2.16. The van der Waals surface area contributed by atoms with E-state index in [1.807, 2.05) is 24.9 Å². The summed E-state index contributed by atoms with van der Waals surface area (Å²) in [5, 5.41) is 0.662. The molecular formula is C13H18ClNOS. The van der Waals surface area contributed by atoms with Gasteiger partial charge in [0.05, 0.1) is 0 Å². The zero-order valence-corrected chi connectivity index (χ0v) is 12.0. The number of aldehydes is 1. The molecule has 0 heterocycles. The summed E-state index contributed by atoms with van der Waals surface area (Å²) >= 11 is 7.81. The Hall–Kier alpha value is -0.670. The third-order valence-electron chi connectivity index (χ3n) is 2.90. The Labute approximate surface area is 112 Å². The molecule has 1 atom stereocenters. The van der Waals surface area contributed by atoms with E-state index in [0.717, 1.165) is 24.1 Å². The van der Waals surface area contributed by atoms with Gasteiger partial charge in [0.15, 0.2) is 6.29 Å². The van der Waals surface area contributed by atoms with Crippen LogP contribution in [0.15, 0.2) is 18.2 Å². The van der Waals surface area contributed by atoms with Gasteiger partial charge in [-0.05, 0) is 43.6 Å². The Morgan fingerprint density at radius 1 is 1.53 bits per heavy atom. The molecule has 17 heavy (non-hydrogen) atoms. The van der Waals surface area contributed by atoms with Gasteiger partial charge in [-0.15, -0.1) is 0 Å². The van der Waals surface area contributed by atoms with E-state index in [4.69, 9.17) is 11.6 Å². The molecule has 0 saturated heterocycles. The van der Waals surface area contributed by atoms with Crippen molar-refractivity contribution in [3.63, 3.8) is 0 Å². The third-order valence-corrected chi connectivity index (χ3v) is 3.78. The Balaban J connectivity index is 2.89. The first-order valence-corrected chi connectivity index (χ1v) is 7.33. The molecule has 1 aromatic rings. The zero-order valence-electron chi connectivity index (χ0n) is 10.4. The van der Waals surface area contributed by atoms with Gasteiger partial charge in [0, 0.05) is 29.4 Å². The molecule has 1 unspecified atom stereocenters. The number of anilines is 1. The van der Waals surface area contributed by atoms with E-state index >= 15 is 0 Å². The quantitative estimate of drug-likeness (QED) is 0.736. The molecule has 0 aromatic heterocycles. The summed E-state index contributed by atoms with van der Waals surface area (Å²) in [5.41, 5.74) is 1.59. The van der Waals surface area contributed by atoms with Crippen LogP contribution in [0.5, 0.6) is 0 Å². The van der Waals surface area contributed by atoms with Crippen molar-refractivity contribution in [3.05, 3.63) is 28.8 Å². The summed E-state index contributed by atoms with van der Waals surface area (Å²) in [6, 6.07) is 5.75. The first-order chi connectivity index (χ1) is 8.10. The number of carbonyl (C=O) groups is 1. The van der Waals surface area contributed by atoms with Crippen molar-refractivity contribution in [2.24, 2.45) is 0 Å². The molecular weight excluding hydrogens is 254 g/mol. The van der Waals surface area contributed by atoms with Gasteiger partial charge in [0.25, 0.3) is 0 Å². The van der Waals surface area contributed by atoms with E-state index in [0.29, 0.717) is 16.6 Å². The zero-order chi connectivity index (χ0) is 12.8. The van der Waals surface area contributed by atoms with E-state index in [2.05, 4.69) is 18.1 Å². The van der Waals surface area contributed by atoms with Gasteiger partial charge in [0.1, 0.15) is 0 Å². The molecule has 0 aliphatic carbocycles. The molecule has 0 fully saturated rings. The summed E-state index contributed by atoms with van der Waals surface area (Å²) in [4.78, 5) is 13.1. The minimum absolute atomic E-state index is 0.389. The predicted octanol–water partition coefficient (Wildman–Crippen LogP) is 3.73. The van der Waals surface area contributed by atoms with Crippen molar-refractivity contribution < 1.29 is 4.79 Å². The fraction of sp³-hybridized carbons (Fsp3) is 0.462. The SMILES string of the molecule is CSCCC(C)N(C)c1cc(Cl)ccc1C=O. The molecule has 0 amide bonds. The monoisotopic (exact) mass is 271 g/mol. The van der Waals surface area contributed by atoms with E-state index in [9.17, 15) is 4.79 Å². The van der Waals surface area contributed by atoms with Crippen molar-refractivity contribution in [2.45, 2.75) is 19.4 Å². The largest absolute Gasteiger partial charge is 0.371 e. The highest BCUT2D eigenvalue weighted by Crippen LogP contribution is 2.25.